The summed E-state index contributed by atoms with van der Waals surface area (Å²) in [5.74, 6) is 0. The van der Waals surface area contributed by atoms with Crippen molar-refractivity contribution in [3.63, 3.8) is 0 Å². The number of rotatable bonds is 2. The van der Waals surface area contributed by atoms with Gasteiger partial charge in [0.25, 0.3) is 0 Å². The number of nitrogens with one attached hydrogen (secondary N) is 1. The van der Waals surface area contributed by atoms with Crippen molar-refractivity contribution in [2.24, 2.45) is 0 Å². The molecule has 0 radical (unpaired) electrons. The average molecular weight is 214 g/mol. The summed E-state index contributed by atoms with van der Waals surface area (Å²) in [6, 6.07) is 8.18. The molecule has 0 saturated heterocycles. The summed E-state index contributed by atoms with van der Waals surface area (Å²) < 4.78 is 0. The van der Waals surface area contributed by atoms with Crippen molar-refractivity contribution in [1.29, 1.82) is 5.26 Å². The van der Waals surface area contributed by atoms with Gasteiger partial charge in [-0.1, -0.05) is 12.8 Å². The largest absolute Gasteiger partial charge is 0.380 e. The number of hydrogen-bond acceptors (Lipinski definition) is 2. The van der Waals surface area contributed by atoms with Gasteiger partial charge in [0.05, 0.1) is 11.6 Å². The molecule has 2 rings (SSSR count). The first-order valence-corrected chi connectivity index (χ1v) is 5.92. The topological polar surface area (TPSA) is 35.8 Å². The second kappa shape index (κ2) is 4.17. The zero-order chi connectivity index (χ0) is 11.6. The van der Waals surface area contributed by atoms with E-state index in [-0.39, 0.29) is 5.54 Å². The third-order valence-corrected chi connectivity index (χ3v) is 3.50. The molecule has 2 nitrogen and oxygen atoms in total. The second-order valence-electron chi connectivity index (χ2n) is 5.03. The quantitative estimate of drug-likeness (QED) is 0.816. The van der Waals surface area contributed by atoms with E-state index in [2.05, 4.69) is 24.4 Å². The number of hydrogen-bond donors (Lipinski definition) is 1. The number of nitrogens with zero attached hydrogens (tertiary/aromatic N) is 1. The Bertz CT molecular complexity index is 423. The van der Waals surface area contributed by atoms with Crippen molar-refractivity contribution in [3.8, 4) is 6.07 Å². The summed E-state index contributed by atoms with van der Waals surface area (Å²) in [4.78, 5) is 0. The SMILES string of the molecule is Cc1cc(NC2(C)CCCC2)ccc1C#N. The van der Waals surface area contributed by atoms with Gasteiger partial charge in [-0.05, 0) is 50.5 Å². The van der Waals surface area contributed by atoms with Crippen molar-refractivity contribution < 1.29 is 0 Å². The zero-order valence-corrected chi connectivity index (χ0v) is 10.0. The molecule has 1 fully saturated rings. The van der Waals surface area contributed by atoms with E-state index < -0.39 is 0 Å². The van der Waals surface area contributed by atoms with Crippen LogP contribution in [0.2, 0.25) is 0 Å². The monoisotopic (exact) mass is 214 g/mol. The first-order valence-electron chi connectivity index (χ1n) is 5.92. The van der Waals surface area contributed by atoms with Crippen LogP contribution < -0.4 is 5.32 Å². The predicted octanol–water partition coefficient (Wildman–Crippen LogP) is 3.61. The van der Waals surface area contributed by atoms with E-state index >= 15 is 0 Å². The van der Waals surface area contributed by atoms with Crippen LogP contribution in [-0.4, -0.2) is 5.54 Å². The summed E-state index contributed by atoms with van der Waals surface area (Å²) in [6.07, 6.45) is 5.12. The Kier molecular flexibility index (Phi) is 2.87. The van der Waals surface area contributed by atoms with Crippen LogP contribution in [0.25, 0.3) is 0 Å². The first kappa shape index (κ1) is 11.0. The van der Waals surface area contributed by atoms with Gasteiger partial charge in [0.2, 0.25) is 0 Å². The van der Waals surface area contributed by atoms with Crippen molar-refractivity contribution in [2.75, 3.05) is 5.32 Å². The molecule has 84 valence electrons. The predicted molar refractivity (Wildman–Crippen MR) is 66.4 cm³/mol. The molecule has 1 aliphatic carbocycles. The van der Waals surface area contributed by atoms with Crippen LogP contribution in [0.15, 0.2) is 18.2 Å². The van der Waals surface area contributed by atoms with Gasteiger partial charge in [-0.15, -0.1) is 0 Å². The maximum atomic E-state index is 8.87. The van der Waals surface area contributed by atoms with Crippen molar-refractivity contribution in [3.05, 3.63) is 29.3 Å². The summed E-state index contributed by atoms with van der Waals surface area (Å²) in [5.41, 5.74) is 3.21. The zero-order valence-electron chi connectivity index (χ0n) is 10.0. The van der Waals surface area contributed by atoms with E-state index in [4.69, 9.17) is 5.26 Å². The fraction of sp³-hybridized carbons (Fsp3) is 0.500. The van der Waals surface area contributed by atoms with Crippen LogP contribution in [0.4, 0.5) is 5.69 Å². The maximum Gasteiger partial charge on any atom is 0.0994 e. The van der Waals surface area contributed by atoms with Gasteiger partial charge in [0, 0.05) is 11.2 Å². The molecule has 1 saturated carbocycles. The Morgan fingerprint density at radius 1 is 1.31 bits per heavy atom. The summed E-state index contributed by atoms with van der Waals surface area (Å²) in [7, 11) is 0. The second-order valence-corrected chi connectivity index (χ2v) is 5.03. The summed E-state index contributed by atoms with van der Waals surface area (Å²) in [5, 5.41) is 12.5. The van der Waals surface area contributed by atoms with E-state index in [1.807, 2.05) is 19.1 Å². The molecular weight excluding hydrogens is 196 g/mol. The van der Waals surface area contributed by atoms with Crippen LogP contribution in [0.5, 0.6) is 0 Å². The minimum Gasteiger partial charge on any atom is -0.380 e. The summed E-state index contributed by atoms with van der Waals surface area (Å²) in [6.45, 7) is 4.27. The molecule has 0 spiro atoms. The molecule has 0 aliphatic heterocycles. The maximum absolute atomic E-state index is 8.87. The van der Waals surface area contributed by atoms with Crippen LogP contribution in [-0.2, 0) is 0 Å². The minimum absolute atomic E-state index is 0.251. The first-order chi connectivity index (χ1) is 7.63. The van der Waals surface area contributed by atoms with Crippen LogP contribution in [0.3, 0.4) is 0 Å². The lowest BCUT2D eigenvalue weighted by Crippen LogP contribution is -2.30. The van der Waals surface area contributed by atoms with Gasteiger partial charge in [-0.25, -0.2) is 0 Å². The van der Waals surface area contributed by atoms with Gasteiger partial charge in [0.1, 0.15) is 0 Å². The highest BCUT2D eigenvalue weighted by atomic mass is 15.0. The van der Waals surface area contributed by atoms with Gasteiger partial charge < -0.3 is 5.32 Å². The highest BCUT2D eigenvalue weighted by Gasteiger charge is 2.28. The van der Waals surface area contributed by atoms with Gasteiger partial charge in [-0.3, -0.25) is 0 Å². The Morgan fingerprint density at radius 3 is 2.56 bits per heavy atom. The molecule has 0 unspecified atom stereocenters. The number of anilines is 1. The molecule has 2 heteroatoms. The Hall–Kier alpha value is -1.49. The van der Waals surface area contributed by atoms with E-state index in [0.717, 1.165) is 16.8 Å². The van der Waals surface area contributed by atoms with E-state index in [9.17, 15) is 0 Å². The molecule has 0 aromatic heterocycles. The van der Waals surface area contributed by atoms with E-state index in [0.29, 0.717) is 0 Å². The van der Waals surface area contributed by atoms with Crippen molar-refractivity contribution >= 4 is 5.69 Å². The highest BCUT2D eigenvalue weighted by molar-refractivity contribution is 5.53. The smallest absolute Gasteiger partial charge is 0.0994 e. The fourth-order valence-corrected chi connectivity index (χ4v) is 2.50. The lowest BCUT2D eigenvalue weighted by atomic mass is 9.99. The van der Waals surface area contributed by atoms with Crippen LogP contribution >= 0.6 is 0 Å². The van der Waals surface area contributed by atoms with E-state index in [1.54, 1.807) is 0 Å². The molecule has 0 bridgehead atoms. The molecule has 0 heterocycles. The molecule has 1 aromatic carbocycles. The normalized spacial score (nSPS) is 18.1. The standard InChI is InChI=1S/C14H18N2/c1-11-9-13(6-5-12(11)10-15)16-14(2)7-3-4-8-14/h5-6,9,16H,3-4,7-8H2,1-2H3. The van der Waals surface area contributed by atoms with Crippen molar-refractivity contribution in [2.45, 2.75) is 45.1 Å². The average Bonchev–Trinajstić information content (AvgIpc) is 2.65. The molecule has 1 N–H and O–H groups in total. The number of aryl methyl sites for hydroxylation is 1. The molecule has 16 heavy (non-hydrogen) atoms. The number of nitriles is 1. The molecular formula is C14H18N2. The third-order valence-electron chi connectivity index (χ3n) is 3.50. The summed E-state index contributed by atoms with van der Waals surface area (Å²) >= 11 is 0. The van der Waals surface area contributed by atoms with Gasteiger partial charge in [0.15, 0.2) is 0 Å². The van der Waals surface area contributed by atoms with Gasteiger partial charge >= 0.3 is 0 Å². The fourth-order valence-electron chi connectivity index (χ4n) is 2.50. The van der Waals surface area contributed by atoms with Crippen LogP contribution in [0.1, 0.15) is 43.7 Å². The Morgan fingerprint density at radius 2 is 2.00 bits per heavy atom. The van der Waals surface area contributed by atoms with E-state index in [1.165, 1.54) is 25.7 Å². The Balaban J connectivity index is 2.16. The van der Waals surface area contributed by atoms with Gasteiger partial charge in [-0.2, -0.15) is 5.26 Å². The lowest BCUT2D eigenvalue weighted by Gasteiger charge is -2.27. The van der Waals surface area contributed by atoms with Crippen LogP contribution in [0, 0.1) is 18.3 Å². The number of benzene rings is 1. The molecule has 0 atom stereocenters. The molecule has 0 amide bonds. The Labute approximate surface area is 97.3 Å². The minimum atomic E-state index is 0.251. The lowest BCUT2D eigenvalue weighted by molar-refractivity contribution is 0.533. The molecule has 1 aromatic rings. The third kappa shape index (κ3) is 2.19. The molecule has 1 aliphatic rings. The highest BCUT2D eigenvalue weighted by Crippen LogP contribution is 2.32. The van der Waals surface area contributed by atoms with Crippen molar-refractivity contribution in [1.82, 2.24) is 0 Å².